The summed E-state index contributed by atoms with van der Waals surface area (Å²) in [4.78, 5) is 17.2. The second-order valence-electron chi connectivity index (χ2n) is 4.09. The number of carbonyl (C=O) groups is 1. The molecule has 96 valence electrons. The van der Waals surface area contributed by atoms with Crippen LogP contribution < -0.4 is 0 Å². The summed E-state index contributed by atoms with van der Waals surface area (Å²) in [5, 5.41) is 12.0. The van der Waals surface area contributed by atoms with Crippen molar-refractivity contribution in [2.24, 2.45) is 0 Å². The summed E-state index contributed by atoms with van der Waals surface area (Å²) in [6.07, 6.45) is 3.07. The van der Waals surface area contributed by atoms with Gasteiger partial charge in [0, 0.05) is 11.9 Å². The van der Waals surface area contributed by atoms with Crippen LogP contribution in [0.4, 0.5) is 0 Å². The van der Waals surface area contributed by atoms with Crippen LogP contribution >= 0.6 is 11.3 Å². The Hall–Kier alpha value is -0.940. The first-order valence-electron chi connectivity index (χ1n) is 6.03. The number of aliphatic carboxylic acids is 1. The van der Waals surface area contributed by atoms with Gasteiger partial charge in [0.2, 0.25) is 0 Å². The summed E-state index contributed by atoms with van der Waals surface area (Å²) >= 11 is 1.67. The van der Waals surface area contributed by atoms with Gasteiger partial charge in [-0.05, 0) is 25.8 Å². The normalized spacial score (nSPS) is 11.0. The minimum Gasteiger partial charge on any atom is -0.480 e. The molecule has 0 unspecified atom stereocenters. The van der Waals surface area contributed by atoms with Crippen LogP contribution in [-0.4, -0.2) is 34.0 Å². The molecule has 0 aliphatic carbocycles. The highest BCUT2D eigenvalue weighted by atomic mass is 32.1. The van der Waals surface area contributed by atoms with Crippen LogP contribution in [0.2, 0.25) is 0 Å². The van der Waals surface area contributed by atoms with Crippen LogP contribution in [0.25, 0.3) is 0 Å². The maximum absolute atomic E-state index is 10.7. The van der Waals surface area contributed by atoms with Crippen molar-refractivity contribution in [2.45, 2.75) is 39.7 Å². The first-order chi connectivity index (χ1) is 8.15. The first kappa shape index (κ1) is 14.1. The Balaban J connectivity index is 2.55. The molecule has 0 saturated heterocycles. The molecule has 0 bridgehead atoms. The van der Waals surface area contributed by atoms with Crippen molar-refractivity contribution in [3.05, 3.63) is 16.1 Å². The molecule has 0 spiro atoms. The van der Waals surface area contributed by atoms with Gasteiger partial charge in [-0.1, -0.05) is 13.8 Å². The van der Waals surface area contributed by atoms with E-state index in [9.17, 15) is 4.79 Å². The van der Waals surface area contributed by atoms with Crippen molar-refractivity contribution in [1.29, 1.82) is 0 Å². The SMILES string of the molecule is CCCc1nc(CN(CCC)CC(=O)O)cs1. The van der Waals surface area contributed by atoms with Crippen molar-refractivity contribution in [3.8, 4) is 0 Å². The molecule has 0 fully saturated rings. The Morgan fingerprint density at radius 2 is 2.24 bits per heavy atom. The highest BCUT2D eigenvalue weighted by Gasteiger charge is 2.11. The molecule has 0 saturated carbocycles. The van der Waals surface area contributed by atoms with E-state index in [0.717, 1.165) is 36.5 Å². The van der Waals surface area contributed by atoms with Crippen molar-refractivity contribution in [3.63, 3.8) is 0 Å². The number of aromatic nitrogens is 1. The van der Waals surface area contributed by atoms with E-state index in [1.165, 1.54) is 0 Å². The summed E-state index contributed by atoms with van der Waals surface area (Å²) in [6, 6.07) is 0. The molecule has 1 heterocycles. The summed E-state index contributed by atoms with van der Waals surface area (Å²) in [5.74, 6) is -0.775. The summed E-state index contributed by atoms with van der Waals surface area (Å²) in [5.41, 5.74) is 0.994. The predicted octanol–water partition coefficient (Wildman–Crippen LogP) is 2.39. The third-order valence-corrected chi connectivity index (χ3v) is 3.30. The monoisotopic (exact) mass is 256 g/mol. The predicted molar refractivity (Wildman–Crippen MR) is 69.3 cm³/mol. The molecule has 1 aromatic rings. The van der Waals surface area contributed by atoms with Gasteiger partial charge in [0.25, 0.3) is 0 Å². The quantitative estimate of drug-likeness (QED) is 0.776. The lowest BCUT2D eigenvalue weighted by molar-refractivity contribution is -0.138. The highest BCUT2D eigenvalue weighted by molar-refractivity contribution is 7.09. The van der Waals surface area contributed by atoms with E-state index in [0.29, 0.717) is 6.54 Å². The lowest BCUT2D eigenvalue weighted by atomic mass is 10.3. The van der Waals surface area contributed by atoms with Crippen LogP contribution in [0.1, 0.15) is 37.4 Å². The molecular formula is C12H20N2O2S. The number of rotatable bonds is 8. The molecule has 1 rings (SSSR count). The largest absolute Gasteiger partial charge is 0.480 e. The molecule has 1 aromatic heterocycles. The molecule has 1 N–H and O–H groups in total. The maximum atomic E-state index is 10.7. The van der Waals surface area contributed by atoms with Gasteiger partial charge in [0.1, 0.15) is 0 Å². The zero-order valence-electron chi connectivity index (χ0n) is 10.5. The van der Waals surface area contributed by atoms with Crippen LogP contribution in [0.3, 0.4) is 0 Å². The number of carboxylic acid groups (broad SMARTS) is 1. The first-order valence-corrected chi connectivity index (χ1v) is 6.91. The van der Waals surface area contributed by atoms with E-state index in [1.54, 1.807) is 11.3 Å². The van der Waals surface area contributed by atoms with Gasteiger partial charge < -0.3 is 5.11 Å². The van der Waals surface area contributed by atoms with Crippen molar-refractivity contribution in [1.82, 2.24) is 9.88 Å². The van der Waals surface area contributed by atoms with E-state index in [1.807, 2.05) is 10.3 Å². The lowest BCUT2D eigenvalue weighted by Crippen LogP contribution is -2.30. The molecule has 0 amide bonds. The van der Waals surface area contributed by atoms with Crippen LogP contribution in [0, 0.1) is 0 Å². The topological polar surface area (TPSA) is 53.4 Å². The van der Waals surface area contributed by atoms with Crippen molar-refractivity contribution in [2.75, 3.05) is 13.1 Å². The minimum atomic E-state index is -0.775. The third kappa shape index (κ3) is 5.28. The Morgan fingerprint density at radius 3 is 2.82 bits per heavy atom. The van der Waals surface area contributed by atoms with Crippen LogP contribution in [0.5, 0.6) is 0 Å². The molecule has 0 atom stereocenters. The summed E-state index contributed by atoms with van der Waals surface area (Å²) in [6.45, 7) is 5.72. The van der Waals surface area contributed by atoms with Gasteiger partial charge >= 0.3 is 5.97 Å². The number of carboxylic acids is 1. The maximum Gasteiger partial charge on any atom is 0.317 e. The van der Waals surface area contributed by atoms with Gasteiger partial charge in [0.05, 0.1) is 17.2 Å². The number of thiazole rings is 1. The van der Waals surface area contributed by atoms with E-state index in [4.69, 9.17) is 5.11 Å². The number of nitrogens with zero attached hydrogens (tertiary/aromatic N) is 2. The molecule has 0 radical (unpaired) electrons. The van der Waals surface area contributed by atoms with Crippen molar-refractivity contribution < 1.29 is 9.90 Å². The van der Waals surface area contributed by atoms with E-state index in [2.05, 4.69) is 18.8 Å². The number of hydrogen-bond donors (Lipinski definition) is 1. The second kappa shape index (κ2) is 7.40. The molecule has 0 aliphatic rings. The van der Waals surface area contributed by atoms with E-state index in [-0.39, 0.29) is 6.54 Å². The van der Waals surface area contributed by atoms with Gasteiger partial charge in [-0.3, -0.25) is 9.69 Å². The molecule has 4 nitrogen and oxygen atoms in total. The van der Waals surface area contributed by atoms with Gasteiger partial charge in [-0.2, -0.15) is 0 Å². The lowest BCUT2D eigenvalue weighted by Gasteiger charge is -2.17. The van der Waals surface area contributed by atoms with Gasteiger partial charge in [-0.25, -0.2) is 4.98 Å². The Labute approximate surface area is 106 Å². The fourth-order valence-corrected chi connectivity index (χ4v) is 2.59. The Kier molecular flexibility index (Phi) is 6.15. The molecule has 5 heteroatoms. The fourth-order valence-electron chi connectivity index (χ4n) is 1.70. The second-order valence-corrected chi connectivity index (χ2v) is 5.03. The molecule has 0 aliphatic heterocycles. The zero-order chi connectivity index (χ0) is 12.7. The Morgan fingerprint density at radius 1 is 1.47 bits per heavy atom. The van der Waals surface area contributed by atoms with Crippen LogP contribution in [0.15, 0.2) is 5.38 Å². The van der Waals surface area contributed by atoms with E-state index >= 15 is 0 Å². The van der Waals surface area contributed by atoms with Gasteiger partial charge in [0.15, 0.2) is 0 Å². The summed E-state index contributed by atoms with van der Waals surface area (Å²) in [7, 11) is 0. The smallest absolute Gasteiger partial charge is 0.317 e. The number of hydrogen-bond acceptors (Lipinski definition) is 4. The average molecular weight is 256 g/mol. The highest BCUT2D eigenvalue weighted by Crippen LogP contribution is 2.13. The molecule has 17 heavy (non-hydrogen) atoms. The average Bonchev–Trinajstić information content (AvgIpc) is 2.65. The molecule has 0 aromatic carbocycles. The molecular weight excluding hydrogens is 236 g/mol. The minimum absolute atomic E-state index is 0.0917. The van der Waals surface area contributed by atoms with Crippen LogP contribution in [-0.2, 0) is 17.8 Å². The van der Waals surface area contributed by atoms with Crippen molar-refractivity contribution >= 4 is 17.3 Å². The zero-order valence-corrected chi connectivity index (χ0v) is 11.3. The Bertz CT molecular complexity index is 352. The summed E-state index contributed by atoms with van der Waals surface area (Å²) < 4.78 is 0. The number of aryl methyl sites for hydroxylation is 1. The third-order valence-electron chi connectivity index (χ3n) is 2.35. The van der Waals surface area contributed by atoms with Gasteiger partial charge in [-0.15, -0.1) is 11.3 Å². The fraction of sp³-hybridized carbons (Fsp3) is 0.667. The van der Waals surface area contributed by atoms with E-state index < -0.39 is 5.97 Å². The standard InChI is InChI=1S/C12H20N2O2S/c1-3-5-11-13-10(9-17-11)7-14(6-4-2)8-12(15)16/h9H,3-8H2,1-2H3,(H,15,16).